The molecule has 3 aromatic rings. The van der Waals surface area contributed by atoms with Crippen LogP contribution in [0.4, 0.5) is 15.8 Å². The molecule has 0 saturated carbocycles. The first-order valence-electron chi connectivity index (χ1n) is 8.74. The number of aromatic nitrogens is 1. The van der Waals surface area contributed by atoms with Crippen molar-refractivity contribution in [2.24, 2.45) is 0 Å². The molecule has 6 nitrogen and oxygen atoms in total. The zero-order chi connectivity index (χ0) is 20.4. The van der Waals surface area contributed by atoms with Gasteiger partial charge >= 0.3 is 0 Å². The van der Waals surface area contributed by atoms with E-state index in [-0.39, 0.29) is 35.6 Å². The van der Waals surface area contributed by atoms with Gasteiger partial charge in [-0.3, -0.25) is 14.6 Å². The van der Waals surface area contributed by atoms with Crippen LogP contribution in [0.1, 0.15) is 15.9 Å². The quantitative estimate of drug-likeness (QED) is 0.703. The van der Waals surface area contributed by atoms with E-state index in [4.69, 9.17) is 16.3 Å². The number of halogens is 2. The second kappa shape index (κ2) is 7.89. The first kappa shape index (κ1) is 18.9. The summed E-state index contributed by atoms with van der Waals surface area (Å²) in [6, 6.07) is 12.6. The highest BCUT2D eigenvalue weighted by Crippen LogP contribution is 2.36. The predicted molar refractivity (Wildman–Crippen MR) is 107 cm³/mol. The lowest BCUT2D eigenvalue weighted by molar-refractivity contribution is -0.121. The molecule has 29 heavy (non-hydrogen) atoms. The van der Waals surface area contributed by atoms with Gasteiger partial charge < -0.3 is 15.0 Å². The van der Waals surface area contributed by atoms with E-state index in [1.807, 2.05) is 0 Å². The van der Waals surface area contributed by atoms with Gasteiger partial charge in [0.05, 0.1) is 17.8 Å². The average molecular weight is 412 g/mol. The number of carbonyl (C=O) groups excluding carboxylic acids is 2. The van der Waals surface area contributed by atoms with Crippen molar-refractivity contribution in [2.45, 2.75) is 6.54 Å². The molecule has 0 spiro atoms. The third-order valence-electron chi connectivity index (χ3n) is 4.46. The smallest absolute Gasteiger partial charge is 0.265 e. The maximum Gasteiger partial charge on any atom is 0.265 e. The van der Waals surface area contributed by atoms with Gasteiger partial charge in [0.25, 0.3) is 11.8 Å². The number of fused-ring (bicyclic) bond motifs is 1. The lowest BCUT2D eigenvalue weighted by Crippen LogP contribution is -2.38. The van der Waals surface area contributed by atoms with Crippen molar-refractivity contribution < 1.29 is 18.7 Å². The van der Waals surface area contributed by atoms with E-state index < -0.39 is 5.82 Å². The van der Waals surface area contributed by atoms with Crippen LogP contribution in [0.3, 0.4) is 0 Å². The van der Waals surface area contributed by atoms with E-state index in [0.717, 1.165) is 0 Å². The molecule has 0 saturated heterocycles. The lowest BCUT2D eigenvalue weighted by Gasteiger charge is -2.30. The number of hydrogen-bond donors (Lipinski definition) is 1. The highest BCUT2D eigenvalue weighted by atomic mass is 35.5. The molecule has 2 amide bonds. The van der Waals surface area contributed by atoms with Crippen LogP contribution in [-0.4, -0.2) is 23.4 Å². The van der Waals surface area contributed by atoms with Crippen molar-refractivity contribution >= 4 is 34.8 Å². The van der Waals surface area contributed by atoms with Crippen LogP contribution in [0.5, 0.6) is 5.75 Å². The monoisotopic (exact) mass is 411 g/mol. The summed E-state index contributed by atoms with van der Waals surface area (Å²) in [6.07, 6.45) is 3.03. The minimum Gasteiger partial charge on any atom is -0.482 e. The zero-order valence-corrected chi connectivity index (χ0v) is 15.8. The molecule has 8 heteroatoms. The third-order valence-corrected chi connectivity index (χ3v) is 4.82. The number of rotatable bonds is 4. The molecule has 1 N–H and O–H groups in total. The Morgan fingerprint density at radius 2 is 2.10 bits per heavy atom. The zero-order valence-electron chi connectivity index (χ0n) is 15.1. The summed E-state index contributed by atoms with van der Waals surface area (Å²) in [7, 11) is 0. The molecular weight excluding hydrogens is 397 g/mol. The van der Waals surface area contributed by atoms with Gasteiger partial charge in [-0.05, 0) is 42.5 Å². The van der Waals surface area contributed by atoms with Crippen LogP contribution < -0.4 is 15.0 Å². The fourth-order valence-electron chi connectivity index (χ4n) is 3.00. The van der Waals surface area contributed by atoms with Gasteiger partial charge in [0.2, 0.25) is 0 Å². The molecule has 0 bridgehead atoms. The standard InChI is InChI=1S/C21H15ClFN3O3/c22-16-4-1-5-17(23)15(16)11-26-18-9-14(6-7-19(18)29-12-20(26)27)25-21(28)13-3-2-8-24-10-13/h1-10H,11-12H2,(H,25,28). The molecule has 146 valence electrons. The predicted octanol–water partition coefficient (Wildman–Crippen LogP) is 4.05. The van der Waals surface area contributed by atoms with E-state index in [9.17, 15) is 14.0 Å². The summed E-state index contributed by atoms with van der Waals surface area (Å²) in [6.45, 7) is -0.221. The third kappa shape index (κ3) is 3.90. The lowest BCUT2D eigenvalue weighted by atomic mass is 10.1. The SMILES string of the molecule is O=C(Nc1ccc2c(c1)N(Cc1c(F)cccc1Cl)C(=O)CO2)c1cccnc1. The number of carbonyl (C=O) groups is 2. The van der Waals surface area contributed by atoms with Gasteiger partial charge in [-0.1, -0.05) is 17.7 Å². The highest BCUT2D eigenvalue weighted by Gasteiger charge is 2.27. The fourth-order valence-corrected chi connectivity index (χ4v) is 3.22. The van der Waals surface area contributed by atoms with Gasteiger partial charge in [-0.2, -0.15) is 0 Å². The first-order chi connectivity index (χ1) is 14.0. The van der Waals surface area contributed by atoms with Crippen molar-refractivity contribution in [2.75, 3.05) is 16.8 Å². The largest absolute Gasteiger partial charge is 0.482 e. The maximum atomic E-state index is 14.2. The van der Waals surface area contributed by atoms with Gasteiger partial charge in [0, 0.05) is 28.7 Å². The van der Waals surface area contributed by atoms with E-state index in [1.54, 1.807) is 42.6 Å². The van der Waals surface area contributed by atoms with Crippen molar-refractivity contribution in [3.8, 4) is 5.75 Å². The Hall–Kier alpha value is -3.45. The highest BCUT2D eigenvalue weighted by molar-refractivity contribution is 6.31. The van der Waals surface area contributed by atoms with Crippen molar-refractivity contribution in [1.29, 1.82) is 0 Å². The minimum atomic E-state index is -0.501. The van der Waals surface area contributed by atoms with E-state index in [0.29, 0.717) is 22.7 Å². The Labute approximate surface area is 170 Å². The molecule has 2 aromatic carbocycles. The number of anilines is 2. The fraction of sp³-hybridized carbons (Fsp3) is 0.0952. The van der Waals surface area contributed by atoms with E-state index in [1.165, 1.54) is 23.2 Å². The van der Waals surface area contributed by atoms with Crippen LogP contribution in [0.2, 0.25) is 5.02 Å². The van der Waals surface area contributed by atoms with Crippen LogP contribution in [-0.2, 0) is 11.3 Å². The Morgan fingerprint density at radius 3 is 2.86 bits per heavy atom. The van der Waals surface area contributed by atoms with Crippen molar-refractivity contribution in [1.82, 2.24) is 4.98 Å². The summed E-state index contributed by atoms with van der Waals surface area (Å²) < 4.78 is 19.7. The first-order valence-corrected chi connectivity index (χ1v) is 9.12. The maximum absolute atomic E-state index is 14.2. The van der Waals surface area contributed by atoms with E-state index >= 15 is 0 Å². The number of pyridine rings is 1. The van der Waals surface area contributed by atoms with Gasteiger partial charge in [0.1, 0.15) is 11.6 Å². The molecule has 4 rings (SSSR count). The Bertz CT molecular complexity index is 1070. The van der Waals surface area contributed by atoms with Crippen LogP contribution in [0.15, 0.2) is 60.9 Å². The number of amides is 2. The second-order valence-electron chi connectivity index (χ2n) is 6.35. The second-order valence-corrected chi connectivity index (χ2v) is 6.75. The number of nitrogens with one attached hydrogen (secondary N) is 1. The number of hydrogen-bond acceptors (Lipinski definition) is 4. The Morgan fingerprint density at radius 1 is 1.24 bits per heavy atom. The molecule has 1 aromatic heterocycles. The average Bonchev–Trinajstić information content (AvgIpc) is 2.73. The molecule has 1 aliphatic heterocycles. The number of benzene rings is 2. The molecule has 1 aliphatic rings. The van der Waals surface area contributed by atoms with Crippen LogP contribution in [0.25, 0.3) is 0 Å². The van der Waals surface area contributed by atoms with Gasteiger partial charge in [-0.15, -0.1) is 0 Å². The number of nitrogens with zero attached hydrogens (tertiary/aromatic N) is 2. The molecule has 0 unspecified atom stereocenters. The summed E-state index contributed by atoms with van der Waals surface area (Å²) >= 11 is 6.12. The van der Waals surface area contributed by atoms with Crippen molar-refractivity contribution in [3.05, 3.63) is 82.9 Å². The normalized spacial score (nSPS) is 12.9. The summed E-state index contributed by atoms with van der Waals surface area (Å²) in [4.78, 5) is 30.2. The van der Waals surface area contributed by atoms with Gasteiger partial charge in [0.15, 0.2) is 6.61 Å². The van der Waals surface area contributed by atoms with E-state index in [2.05, 4.69) is 10.3 Å². The molecule has 0 radical (unpaired) electrons. The molecule has 2 heterocycles. The topological polar surface area (TPSA) is 71.5 Å². The van der Waals surface area contributed by atoms with Crippen LogP contribution >= 0.6 is 11.6 Å². The molecule has 0 atom stereocenters. The summed E-state index contributed by atoms with van der Waals surface area (Å²) in [5.74, 6) is -0.729. The Balaban J connectivity index is 1.64. The van der Waals surface area contributed by atoms with Crippen molar-refractivity contribution in [3.63, 3.8) is 0 Å². The van der Waals surface area contributed by atoms with Gasteiger partial charge in [-0.25, -0.2) is 4.39 Å². The summed E-state index contributed by atoms with van der Waals surface area (Å²) in [5.41, 5.74) is 1.48. The summed E-state index contributed by atoms with van der Waals surface area (Å²) in [5, 5.41) is 2.99. The Kier molecular flexibility index (Phi) is 5.14. The molecule has 0 aliphatic carbocycles. The molecule has 0 fully saturated rings. The minimum absolute atomic E-state index is 0.0549. The van der Waals surface area contributed by atoms with Crippen LogP contribution in [0, 0.1) is 5.82 Å². The number of ether oxygens (including phenoxy) is 1. The molecular formula is C21H15ClFN3O3.